The van der Waals surface area contributed by atoms with Crippen LogP contribution in [0.1, 0.15) is 16.7 Å². The molecule has 0 unspecified atom stereocenters. The lowest BCUT2D eigenvalue weighted by atomic mass is 10.1. The predicted octanol–water partition coefficient (Wildman–Crippen LogP) is 4.77. The van der Waals surface area contributed by atoms with Crippen LogP contribution in [0, 0.1) is 20.8 Å². The molecule has 1 amide bonds. The number of aryl methyl sites for hydroxylation is 3. The number of hydrogen-bond donors (Lipinski definition) is 2. The van der Waals surface area contributed by atoms with Crippen LogP contribution in [0.25, 0.3) is 0 Å². The molecule has 5 heteroatoms. The number of ether oxygens (including phenoxy) is 1. The fourth-order valence-electron chi connectivity index (χ4n) is 2.72. The number of hydrogen-bond acceptors (Lipinski definition) is 4. The lowest BCUT2D eigenvalue weighted by Crippen LogP contribution is -2.20. The summed E-state index contributed by atoms with van der Waals surface area (Å²) >= 11 is 0. The Balaban J connectivity index is 1.53. The van der Waals surface area contributed by atoms with Gasteiger partial charge in [-0.05, 0) is 68.3 Å². The van der Waals surface area contributed by atoms with Gasteiger partial charge in [0.1, 0.15) is 11.6 Å². The first-order valence-electron chi connectivity index (χ1n) is 8.79. The van der Waals surface area contributed by atoms with Crippen LogP contribution in [0.2, 0.25) is 0 Å². The van der Waals surface area contributed by atoms with E-state index in [2.05, 4.69) is 47.7 Å². The van der Waals surface area contributed by atoms with Crippen molar-refractivity contribution in [3.05, 3.63) is 77.5 Å². The molecule has 2 N–H and O–H groups in total. The van der Waals surface area contributed by atoms with Gasteiger partial charge in [0, 0.05) is 5.69 Å². The SMILES string of the molecule is Cc1ccc(OCC(=O)Nc2ccc(Nc3cc(C)cc(C)c3)nc2)cc1. The van der Waals surface area contributed by atoms with Crippen LogP contribution in [0.4, 0.5) is 17.2 Å². The normalized spacial score (nSPS) is 10.3. The third kappa shape index (κ3) is 5.57. The summed E-state index contributed by atoms with van der Waals surface area (Å²) in [5.74, 6) is 1.16. The van der Waals surface area contributed by atoms with Gasteiger partial charge in [-0.3, -0.25) is 4.79 Å². The van der Waals surface area contributed by atoms with Crippen molar-refractivity contribution in [1.82, 2.24) is 4.98 Å². The Hall–Kier alpha value is -3.34. The number of amides is 1. The van der Waals surface area contributed by atoms with Crippen LogP contribution in [0.3, 0.4) is 0 Å². The van der Waals surface area contributed by atoms with Crippen molar-refractivity contribution in [2.45, 2.75) is 20.8 Å². The summed E-state index contributed by atoms with van der Waals surface area (Å²) in [4.78, 5) is 16.4. The average molecular weight is 361 g/mol. The van der Waals surface area contributed by atoms with Gasteiger partial charge in [0.05, 0.1) is 11.9 Å². The van der Waals surface area contributed by atoms with Gasteiger partial charge in [-0.2, -0.15) is 0 Å². The van der Waals surface area contributed by atoms with E-state index in [4.69, 9.17) is 4.74 Å². The topological polar surface area (TPSA) is 63.2 Å². The summed E-state index contributed by atoms with van der Waals surface area (Å²) in [5, 5.41) is 6.05. The van der Waals surface area contributed by atoms with Crippen LogP contribution in [0.5, 0.6) is 5.75 Å². The number of carbonyl (C=O) groups is 1. The number of nitrogens with zero attached hydrogens (tertiary/aromatic N) is 1. The molecule has 2 aromatic carbocycles. The Labute approximate surface area is 159 Å². The van der Waals surface area contributed by atoms with Crippen molar-refractivity contribution < 1.29 is 9.53 Å². The number of benzene rings is 2. The van der Waals surface area contributed by atoms with Crippen molar-refractivity contribution in [1.29, 1.82) is 0 Å². The van der Waals surface area contributed by atoms with E-state index in [1.54, 1.807) is 6.20 Å². The van der Waals surface area contributed by atoms with E-state index >= 15 is 0 Å². The first kappa shape index (κ1) is 18.5. The third-order valence-corrected chi connectivity index (χ3v) is 3.93. The van der Waals surface area contributed by atoms with Crippen molar-refractivity contribution in [2.75, 3.05) is 17.2 Å². The Morgan fingerprint density at radius 3 is 2.22 bits per heavy atom. The standard InChI is InChI=1S/C22H23N3O2/c1-15-4-7-20(8-5-15)27-14-22(26)25-18-6-9-21(23-13-18)24-19-11-16(2)10-17(3)12-19/h4-13H,14H2,1-3H3,(H,23,24)(H,25,26). The number of aromatic nitrogens is 1. The van der Waals surface area contributed by atoms with Crippen LogP contribution in [-0.2, 0) is 4.79 Å². The van der Waals surface area contributed by atoms with Gasteiger partial charge >= 0.3 is 0 Å². The average Bonchev–Trinajstić information content (AvgIpc) is 2.62. The first-order chi connectivity index (χ1) is 13.0. The summed E-state index contributed by atoms with van der Waals surface area (Å²) in [5.41, 5.74) is 5.14. The summed E-state index contributed by atoms with van der Waals surface area (Å²) in [7, 11) is 0. The second-order valence-corrected chi connectivity index (χ2v) is 6.58. The van der Waals surface area contributed by atoms with Crippen LogP contribution in [0.15, 0.2) is 60.8 Å². The van der Waals surface area contributed by atoms with Crippen molar-refractivity contribution in [2.24, 2.45) is 0 Å². The monoisotopic (exact) mass is 361 g/mol. The zero-order valence-electron chi connectivity index (χ0n) is 15.7. The van der Waals surface area contributed by atoms with Crippen molar-refractivity contribution in [3.8, 4) is 5.75 Å². The highest BCUT2D eigenvalue weighted by molar-refractivity contribution is 5.91. The predicted molar refractivity (Wildman–Crippen MR) is 109 cm³/mol. The molecule has 0 fully saturated rings. The maximum atomic E-state index is 12.0. The van der Waals surface area contributed by atoms with Gasteiger partial charge in [-0.1, -0.05) is 23.8 Å². The lowest BCUT2D eigenvalue weighted by Gasteiger charge is -2.10. The zero-order chi connectivity index (χ0) is 19.2. The van der Waals surface area contributed by atoms with Gasteiger partial charge < -0.3 is 15.4 Å². The molecule has 138 valence electrons. The van der Waals surface area contributed by atoms with Gasteiger partial charge in [0.25, 0.3) is 5.91 Å². The lowest BCUT2D eigenvalue weighted by molar-refractivity contribution is -0.118. The molecular formula is C22H23N3O2. The minimum atomic E-state index is -0.229. The Morgan fingerprint density at radius 2 is 1.59 bits per heavy atom. The van der Waals surface area contributed by atoms with E-state index in [0.29, 0.717) is 17.3 Å². The highest BCUT2D eigenvalue weighted by Gasteiger charge is 2.05. The van der Waals surface area contributed by atoms with Gasteiger partial charge in [-0.15, -0.1) is 0 Å². The van der Waals surface area contributed by atoms with E-state index < -0.39 is 0 Å². The maximum Gasteiger partial charge on any atom is 0.262 e. The fourth-order valence-corrected chi connectivity index (χ4v) is 2.72. The second kappa shape index (κ2) is 8.36. The second-order valence-electron chi connectivity index (χ2n) is 6.58. The molecule has 1 heterocycles. The van der Waals surface area contributed by atoms with Crippen LogP contribution in [-0.4, -0.2) is 17.5 Å². The highest BCUT2D eigenvalue weighted by Crippen LogP contribution is 2.19. The minimum absolute atomic E-state index is 0.0500. The maximum absolute atomic E-state index is 12.0. The molecule has 27 heavy (non-hydrogen) atoms. The number of nitrogens with one attached hydrogen (secondary N) is 2. The summed E-state index contributed by atoms with van der Waals surface area (Å²) in [6, 6.07) is 17.5. The number of anilines is 3. The molecule has 0 aliphatic heterocycles. The Morgan fingerprint density at radius 1 is 0.889 bits per heavy atom. The molecule has 1 aromatic heterocycles. The summed E-state index contributed by atoms with van der Waals surface area (Å²) < 4.78 is 5.48. The molecule has 0 atom stereocenters. The van der Waals surface area contributed by atoms with Gasteiger partial charge in [0.2, 0.25) is 0 Å². The van der Waals surface area contributed by atoms with E-state index in [0.717, 1.165) is 11.3 Å². The molecule has 3 aromatic rings. The van der Waals surface area contributed by atoms with Crippen molar-refractivity contribution >= 4 is 23.1 Å². The van der Waals surface area contributed by atoms with Crippen molar-refractivity contribution in [3.63, 3.8) is 0 Å². The molecule has 0 saturated carbocycles. The van der Waals surface area contributed by atoms with Gasteiger partial charge in [-0.25, -0.2) is 4.98 Å². The largest absolute Gasteiger partial charge is 0.484 e. The first-order valence-corrected chi connectivity index (χ1v) is 8.79. The molecule has 0 spiro atoms. The molecule has 0 aliphatic rings. The molecule has 5 nitrogen and oxygen atoms in total. The minimum Gasteiger partial charge on any atom is -0.484 e. The quantitative estimate of drug-likeness (QED) is 0.664. The van der Waals surface area contributed by atoms with Crippen LogP contribution >= 0.6 is 0 Å². The Bertz CT molecular complexity index is 899. The molecule has 0 radical (unpaired) electrons. The zero-order valence-corrected chi connectivity index (χ0v) is 15.7. The molecule has 3 rings (SSSR count). The number of carbonyl (C=O) groups excluding carboxylic acids is 1. The number of rotatable bonds is 6. The van der Waals surface area contributed by atoms with Crippen LogP contribution < -0.4 is 15.4 Å². The number of pyridine rings is 1. The smallest absolute Gasteiger partial charge is 0.262 e. The van der Waals surface area contributed by atoms with E-state index in [1.165, 1.54) is 11.1 Å². The van der Waals surface area contributed by atoms with Gasteiger partial charge in [0.15, 0.2) is 6.61 Å². The summed E-state index contributed by atoms with van der Waals surface area (Å²) in [6.45, 7) is 6.07. The van der Waals surface area contributed by atoms with E-state index in [1.807, 2.05) is 43.3 Å². The van der Waals surface area contributed by atoms with E-state index in [-0.39, 0.29) is 12.5 Å². The summed E-state index contributed by atoms with van der Waals surface area (Å²) in [6.07, 6.45) is 1.62. The molecule has 0 bridgehead atoms. The third-order valence-electron chi connectivity index (χ3n) is 3.93. The molecule has 0 saturated heterocycles. The van der Waals surface area contributed by atoms with E-state index in [9.17, 15) is 4.79 Å². The fraction of sp³-hybridized carbons (Fsp3) is 0.182. The Kier molecular flexibility index (Phi) is 5.71. The molecular weight excluding hydrogens is 338 g/mol. The highest BCUT2D eigenvalue weighted by atomic mass is 16.5. The molecule has 0 aliphatic carbocycles.